The van der Waals surface area contributed by atoms with Crippen LogP contribution in [0.25, 0.3) is 0 Å². The van der Waals surface area contributed by atoms with E-state index in [0.717, 1.165) is 114 Å². The first-order valence-electron chi connectivity index (χ1n) is 34.7. The summed E-state index contributed by atoms with van der Waals surface area (Å²) in [6, 6.07) is 0. The highest BCUT2D eigenvalue weighted by Crippen LogP contribution is 2.45. The molecule has 0 bridgehead atoms. The summed E-state index contributed by atoms with van der Waals surface area (Å²) in [5, 5.41) is 10.6. The average molecular weight is 1270 g/mol. The van der Waals surface area contributed by atoms with Crippen molar-refractivity contribution in [3.8, 4) is 0 Å². The van der Waals surface area contributed by atoms with Crippen LogP contribution in [0.5, 0.6) is 0 Å². The van der Waals surface area contributed by atoms with Gasteiger partial charge in [0.25, 0.3) is 0 Å². The van der Waals surface area contributed by atoms with Crippen LogP contribution < -0.4 is 0 Å². The van der Waals surface area contributed by atoms with Gasteiger partial charge in [-0.3, -0.25) is 37.3 Å². The summed E-state index contributed by atoms with van der Waals surface area (Å²) in [6.07, 6.45) is 37.7. The van der Waals surface area contributed by atoms with Crippen LogP contribution in [0.3, 0.4) is 0 Å². The zero-order valence-electron chi connectivity index (χ0n) is 55.9. The molecule has 0 aromatic heterocycles. The molecular formula is C67H130O17P2. The van der Waals surface area contributed by atoms with Crippen molar-refractivity contribution in [1.82, 2.24) is 0 Å². The van der Waals surface area contributed by atoms with E-state index in [-0.39, 0.29) is 25.7 Å². The SMILES string of the molecule is CC(C)CCCCCCCCCCCCC(=O)O[C@H](COC(=O)CCCCCCCCCC(C)C)COP(=O)(O)OCC(O)COP(=O)(O)OC[C@@H](COC(=O)CCCCCCCCCCC(C)C)OC(=O)CCCCCCCCCCCC(C)C. The third-order valence-corrected chi connectivity index (χ3v) is 17.2. The molecule has 19 heteroatoms. The molecule has 0 saturated heterocycles. The highest BCUT2D eigenvalue weighted by molar-refractivity contribution is 7.47. The van der Waals surface area contributed by atoms with Crippen molar-refractivity contribution in [3.63, 3.8) is 0 Å². The molecule has 3 N–H and O–H groups in total. The van der Waals surface area contributed by atoms with Crippen LogP contribution in [0.15, 0.2) is 0 Å². The van der Waals surface area contributed by atoms with Gasteiger partial charge in [0.2, 0.25) is 0 Å². The molecule has 0 aliphatic heterocycles. The Bertz CT molecular complexity index is 1710. The Balaban J connectivity index is 5.26. The second kappa shape index (κ2) is 57.0. The molecule has 0 fully saturated rings. The topological polar surface area (TPSA) is 237 Å². The first kappa shape index (κ1) is 84.1. The molecule has 5 atom stereocenters. The van der Waals surface area contributed by atoms with Crippen molar-refractivity contribution in [1.29, 1.82) is 0 Å². The standard InChI is InChI=1S/C67H130O17P2/c1-57(2)43-35-27-19-12-9-10-14-24-33-41-49-66(71)83-63(54-78-65(70)48-40-32-26-18-22-30-38-46-60(7)8)56-82-86(75,76)80-52-61(68)51-79-85(73,74)81-55-62(53-77-64(69)47-39-31-23-17-16-21-29-37-45-59(5)6)84-67(72)50-42-34-25-15-11-13-20-28-36-44-58(3)4/h57-63,68H,9-56H2,1-8H3,(H,73,74)(H,75,76)/t61?,62-,63-/m1/s1. The van der Waals surface area contributed by atoms with E-state index < -0.39 is 97.5 Å². The van der Waals surface area contributed by atoms with Gasteiger partial charge in [0.15, 0.2) is 12.2 Å². The van der Waals surface area contributed by atoms with Gasteiger partial charge < -0.3 is 33.8 Å². The highest BCUT2D eigenvalue weighted by Gasteiger charge is 2.30. The number of carbonyl (C=O) groups is 4. The molecule has 86 heavy (non-hydrogen) atoms. The Morgan fingerprint density at radius 1 is 0.291 bits per heavy atom. The lowest BCUT2D eigenvalue weighted by molar-refractivity contribution is -0.161. The molecule has 0 heterocycles. The number of rotatable bonds is 64. The van der Waals surface area contributed by atoms with E-state index in [4.69, 9.17) is 37.0 Å². The lowest BCUT2D eigenvalue weighted by Crippen LogP contribution is -2.30. The van der Waals surface area contributed by atoms with Gasteiger partial charge in [-0.2, -0.15) is 0 Å². The molecule has 0 aromatic carbocycles. The van der Waals surface area contributed by atoms with E-state index in [2.05, 4.69) is 55.4 Å². The fourth-order valence-corrected chi connectivity index (χ4v) is 11.5. The molecule has 0 aromatic rings. The van der Waals surface area contributed by atoms with E-state index >= 15 is 0 Å². The van der Waals surface area contributed by atoms with Gasteiger partial charge in [0.1, 0.15) is 19.3 Å². The summed E-state index contributed by atoms with van der Waals surface area (Å²) < 4.78 is 68.1. The van der Waals surface area contributed by atoms with Crippen LogP contribution in [0.4, 0.5) is 0 Å². The second-order valence-corrected chi connectivity index (χ2v) is 29.0. The highest BCUT2D eigenvalue weighted by atomic mass is 31.2. The van der Waals surface area contributed by atoms with Crippen molar-refractivity contribution >= 4 is 39.5 Å². The fraction of sp³-hybridized carbons (Fsp3) is 0.940. The van der Waals surface area contributed by atoms with Gasteiger partial charge in [-0.05, 0) is 49.4 Å². The molecule has 0 spiro atoms. The number of phosphoric acid groups is 2. The monoisotopic (exact) mass is 1270 g/mol. The largest absolute Gasteiger partial charge is 0.472 e. The molecule has 3 unspecified atom stereocenters. The molecule has 510 valence electrons. The van der Waals surface area contributed by atoms with Crippen molar-refractivity contribution < 1.29 is 80.2 Å². The molecule has 0 aliphatic rings. The Labute approximate surface area is 524 Å². The van der Waals surface area contributed by atoms with Gasteiger partial charge in [-0.25, -0.2) is 9.13 Å². The van der Waals surface area contributed by atoms with Crippen molar-refractivity contribution in [2.45, 2.75) is 343 Å². The fourth-order valence-electron chi connectivity index (χ4n) is 9.96. The molecule has 0 saturated carbocycles. The minimum atomic E-state index is -4.95. The van der Waals surface area contributed by atoms with E-state index in [1.54, 1.807) is 0 Å². The van der Waals surface area contributed by atoms with E-state index in [0.29, 0.717) is 31.6 Å². The Morgan fingerprint density at radius 2 is 0.488 bits per heavy atom. The van der Waals surface area contributed by atoms with Crippen molar-refractivity contribution in [3.05, 3.63) is 0 Å². The van der Waals surface area contributed by atoms with Gasteiger partial charge in [-0.1, -0.05) is 274 Å². The molecule has 0 aliphatic carbocycles. The van der Waals surface area contributed by atoms with Crippen LogP contribution in [0.2, 0.25) is 0 Å². The maximum Gasteiger partial charge on any atom is 0.472 e. The number of unbranched alkanes of at least 4 members (excludes halogenated alkanes) is 30. The van der Waals surface area contributed by atoms with Crippen molar-refractivity contribution in [2.75, 3.05) is 39.6 Å². The van der Waals surface area contributed by atoms with Gasteiger partial charge >= 0.3 is 39.5 Å². The van der Waals surface area contributed by atoms with Crippen molar-refractivity contribution in [2.24, 2.45) is 23.7 Å². The Morgan fingerprint density at radius 3 is 0.721 bits per heavy atom. The number of phosphoric ester groups is 2. The maximum absolute atomic E-state index is 13.0. The summed E-state index contributed by atoms with van der Waals surface area (Å²) in [4.78, 5) is 72.4. The minimum Gasteiger partial charge on any atom is -0.462 e. The normalized spacial score (nSPS) is 14.4. The van der Waals surface area contributed by atoms with Crippen LogP contribution in [-0.4, -0.2) is 96.7 Å². The minimum absolute atomic E-state index is 0.104. The van der Waals surface area contributed by atoms with E-state index in [1.165, 1.54) is 122 Å². The van der Waals surface area contributed by atoms with Gasteiger partial charge in [-0.15, -0.1) is 0 Å². The quantitative estimate of drug-likeness (QED) is 0.0222. The maximum atomic E-state index is 13.0. The molecule has 0 rings (SSSR count). The van der Waals surface area contributed by atoms with Crippen LogP contribution in [-0.2, 0) is 65.4 Å². The summed E-state index contributed by atoms with van der Waals surface area (Å²) in [5.41, 5.74) is 0. The van der Waals surface area contributed by atoms with Gasteiger partial charge in [0, 0.05) is 25.7 Å². The van der Waals surface area contributed by atoms with Gasteiger partial charge in [0.05, 0.1) is 26.4 Å². The predicted molar refractivity (Wildman–Crippen MR) is 344 cm³/mol. The lowest BCUT2D eigenvalue weighted by Gasteiger charge is -2.21. The molecule has 17 nitrogen and oxygen atoms in total. The molecule has 0 amide bonds. The van der Waals surface area contributed by atoms with E-state index in [1.807, 2.05) is 0 Å². The summed E-state index contributed by atoms with van der Waals surface area (Å²) in [5.74, 6) is 0.785. The number of esters is 4. The third kappa shape index (κ3) is 60.9. The Kier molecular flexibility index (Phi) is 55.7. The Hall–Kier alpha value is -1.94. The van der Waals surface area contributed by atoms with Crippen LogP contribution >= 0.6 is 15.6 Å². The number of hydrogen-bond donors (Lipinski definition) is 3. The molecule has 0 radical (unpaired) electrons. The summed E-state index contributed by atoms with van der Waals surface area (Å²) in [7, 11) is -9.90. The van der Waals surface area contributed by atoms with E-state index in [9.17, 15) is 43.2 Å². The molecular weight excluding hydrogens is 1140 g/mol. The lowest BCUT2D eigenvalue weighted by atomic mass is 10.0. The van der Waals surface area contributed by atoms with Crippen LogP contribution in [0, 0.1) is 23.7 Å². The second-order valence-electron chi connectivity index (χ2n) is 26.1. The number of aliphatic hydroxyl groups is 1. The third-order valence-electron chi connectivity index (χ3n) is 15.3. The first-order valence-corrected chi connectivity index (χ1v) is 37.7. The number of aliphatic hydroxyl groups excluding tert-OH is 1. The zero-order chi connectivity index (χ0) is 63.9. The smallest absolute Gasteiger partial charge is 0.462 e. The summed E-state index contributed by atoms with van der Waals surface area (Å²) in [6.45, 7) is 14.0. The predicted octanol–water partition coefficient (Wildman–Crippen LogP) is 18.5. The number of carbonyl (C=O) groups excluding carboxylic acids is 4. The van der Waals surface area contributed by atoms with Crippen LogP contribution in [0.1, 0.15) is 325 Å². The first-order chi connectivity index (χ1) is 41.1. The number of hydrogen-bond acceptors (Lipinski definition) is 15. The number of ether oxygens (including phenoxy) is 4. The average Bonchev–Trinajstić information content (AvgIpc) is 3.66. The summed E-state index contributed by atoms with van der Waals surface area (Å²) >= 11 is 0. The zero-order valence-corrected chi connectivity index (χ0v) is 57.7.